The summed E-state index contributed by atoms with van der Waals surface area (Å²) in [5.41, 5.74) is 0.334. The molecule has 0 amide bonds. The molecular formula is C9H6Cl2O2S. The van der Waals surface area contributed by atoms with E-state index in [-0.39, 0.29) is 0 Å². The molecule has 0 saturated carbocycles. The molecule has 74 valence electrons. The monoisotopic (exact) mass is 248 g/mol. The van der Waals surface area contributed by atoms with Crippen LogP contribution < -0.4 is 0 Å². The third-order valence-corrected chi connectivity index (χ3v) is 2.43. The highest BCUT2D eigenvalue weighted by Crippen LogP contribution is 2.22. The lowest BCUT2D eigenvalue weighted by molar-refractivity contribution is 0.611. The summed E-state index contributed by atoms with van der Waals surface area (Å²) in [5.74, 6) is 2.42. The molecule has 0 saturated heterocycles. The summed E-state index contributed by atoms with van der Waals surface area (Å²) in [7, 11) is -3.33. The van der Waals surface area contributed by atoms with Gasteiger partial charge in [0.05, 0.1) is 21.9 Å². The van der Waals surface area contributed by atoms with Crippen molar-refractivity contribution in [2.24, 2.45) is 0 Å². The van der Waals surface area contributed by atoms with Crippen molar-refractivity contribution in [2.45, 2.75) is 0 Å². The molecule has 0 spiro atoms. The molecule has 0 aliphatic heterocycles. The van der Waals surface area contributed by atoms with Gasteiger partial charge in [0.15, 0.2) is 0 Å². The van der Waals surface area contributed by atoms with Crippen molar-refractivity contribution in [3.63, 3.8) is 0 Å². The lowest BCUT2D eigenvalue weighted by Gasteiger charge is -1.96. The SMILES string of the molecule is CS(=O)(=O)C#Cc1c(Cl)cccc1Cl. The van der Waals surface area contributed by atoms with Crippen LogP contribution in [0.1, 0.15) is 5.56 Å². The Kier molecular flexibility index (Phi) is 3.43. The van der Waals surface area contributed by atoms with Crippen molar-refractivity contribution < 1.29 is 8.42 Å². The van der Waals surface area contributed by atoms with Crippen LogP contribution in [0.25, 0.3) is 0 Å². The molecule has 2 nitrogen and oxygen atoms in total. The highest BCUT2D eigenvalue weighted by atomic mass is 35.5. The van der Waals surface area contributed by atoms with Crippen LogP contribution in [0.3, 0.4) is 0 Å². The topological polar surface area (TPSA) is 34.1 Å². The molecule has 0 aromatic heterocycles. The quantitative estimate of drug-likeness (QED) is 0.661. The Morgan fingerprint density at radius 2 is 1.71 bits per heavy atom. The molecule has 5 heteroatoms. The first-order chi connectivity index (χ1) is 6.40. The predicted molar refractivity (Wildman–Crippen MR) is 58.2 cm³/mol. The fourth-order valence-electron chi connectivity index (χ4n) is 0.761. The number of benzene rings is 1. The van der Waals surface area contributed by atoms with E-state index in [2.05, 4.69) is 11.2 Å². The molecule has 1 aromatic carbocycles. The zero-order valence-corrected chi connectivity index (χ0v) is 9.54. The van der Waals surface area contributed by atoms with Crippen LogP contribution in [0.5, 0.6) is 0 Å². The van der Waals surface area contributed by atoms with Gasteiger partial charge in [-0.3, -0.25) is 0 Å². The molecule has 0 N–H and O–H groups in total. The fourth-order valence-corrected chi connectivity index (χ4v) is 1.54. The predicted octanol–water partition coefficient (Wildman–Crippen LogP) is 2.35. The van der Waals surface area contributed by atoms with E-state index in [4.69, 9.17) is 23.2 Å². The van der Waals surface area contributed by atoms with E-state index in [1.807, 2.05) is 0 Å². The maximum absolute atomic E-state index is 10.8. The van der Waals surface area contributed by atoms with E-state index >= 15 is 0 Å². The molecule has 14 heavy (non-hydrogen) atoms. The number of hydrogen-bond donors (Lipinski definition) is 0. The van der Waals surface area contributed by atoms with Crippen LogP contribution in [0.4, 0.5) is 0 Å². The lowest BCUT2D eigenvalue weighted by atomic mass is 10.2. The first-order valence-corrected chi connectivity index (χ1v) is 6.22. The standard InChI is InChI=1S/C9H6Cl2O2S/c1-14(12,13)6-5-7-8(10)3-2-4-9(7)11/h2-4H,1H3. The summed E-state index contributed by atoms with van der Waals surface area (Å²) in [6.07, 6.45) is 1.02. The third-order valence-electron chi connectivity index (χ3n) is 1.32. The van der Waals surface area contributed by atoms with Gasteiger partial charge >= 0.3 is 0 Å². The van der Waals surface area contributed by atoms with Crippen molar-refractivity contribution in [3.8, 4) is 11.2 Å². The van der Waals surface area contributed by atoms with Crippen molar-refractivity contribution in [1.82, 2.24) is 0 Å². The smallest absolute Gasteiger partial charge is 0.214 e. The third kappa shape index (κ3) is 3.22. The van der Waals surface area contributed by atoms with E-state index in [1.165, 1.54) is 0 Å². The zero-order valence-electron chi connectivity index (χ0n) is 7.21. The minimum absolute atomic E-state index is 0.334. The summed E-state index contributed by atoms with van der Waals surface area (Å²) in [6, 6.07) is 4.86. The van der Waals surface area contributed by atoms with E-state index in [9.17, 15) is 8.42 Å². The molecule has 0 atom stereocenters. The highest BCUT2D eigenvalue weighted by Gasteiger charge is 2.02. The van der Waals surface area contributed by atoms with Gasteiger partial charge in [-0.15, -0.1) is 0 Å². The average molecular weight is 249 g/mol. The zero-order chi connectivity index (χ0) is 10.8. The van der Waals surface area contributed by atoms with Gasteiger partial charge in [0.1, 0.15) is 0 Å². The second-order valence-corrected chi connectivity index (χ2v) is 5.16. The Morgan fingerprint density at radius 1 is 1.21 bits per heavy atom. The highest BCUT2D eigenvalue weighted by molar-refractivity contribution is 7.95. The molecule has 0 aliphatic rings. The van der Waals surface area contributed by atoms with Crippen LogP contribution in [0.15, 0.2) is 18.2 Å². The molecule has 0 heterocycles. The first kappa shape index (κ1) is 11.4. The minimum Gasteiger partial charge on any atom is -0.216 e. The van der Waals surface area contributed by atoms with Crippen molar-refractivity contribution in [3.05, 3.63) is 33.8 Å². The molecular weight excluding hydrogens is 243 g/mol. The van der Waals surface area contributed by atoms with E-state index in [0.717, 1.165) is 6.26 Å². The Balaban J connectivity index is 3.26. The molecule has 1 rings (SSSR count). The fraction of sp³-hybridized carbons (Fsp3) is 0.111. The first-order valence-electron chi connectivity index (χ1n) is 3.57. The number of halogens is 2. The average Bonchev–Trinajstić information content (AvgIpc) is 2.01. The normalized spacial score (nSPS) is 10.5. The van der Waals surface area contributed by atoms with E-state index in [1.54, 1.807) is 18.2 Å². The van der Waals surface area contributed by atoms with Gasteiger partial charge in [-0.2, -0.15) is 0 Å². The van der Waals surface area contributed by atoms with E-state index < -0.39 is 9.84 Å². The molecule has 0 radical (unpaired) electrons. The van der Waals surface area contributed by atoms with Crippen LogP contribution >= 0.6 is 23.2 Å². The summed E-state index contributed by atoms with van der Waals surface area (Å²) >= 11 is 11.6. The number of sulfone groups is 1. The summed E-state index contributed by atoms with van der Waals surface area (Å²) < 4.78 is 21.5. The molecule has 1 aromatic rings. The Labute approximate surface area is 92.8 Å². The lowest BCUT2D eigenvalue weighted by Crippen LogP contribution is -1.89. The van der Waals surface area contributed by atoms with Gasteiger partial charge < -0.3 is 0 Å². The Bertz CT molecular complexity index is 489. The Morgan fingerprint density at radius 3 is 2.14 bits per heavy atom. The Hall–Kier alpha value is -0.690. The largest absolute Gasteiger partial charge is 0.216 e. The van der Waals surface area contributed by atoms with Gasteiger partial charge in [0, 0.05) is 5.25 Å². The minimum atomic E-state index is -3.33. The van der Waals surface area contributed by atoms with E-state index in [0.29, 0.717) is 15.6 Å². The number of rotatable bonds is 0. The molecule has 0 fully saturated rings. The van der Waals surface area contributed by atoms with Crippen LogP contribution in [-0.4, -0.2) is 14.7 Å². The molecule has 0 bridgehead atoms. The number of hydrogen-bond acceptors (Lipinski definition) is 2. The van der Waals surface area contributed by atoms with Crippen LogP contribution in [-0.2, 0) is 9.84 Å². The van der Waals surface area contributed by atoms with Gasteiger partial charge in [-0.1, -0.05) is 29.3 Å². The second-order valence-electron chi connectivity index (χ2n) is 2.60. The molecule has 0 unspecified atom stereocenters. The van der Waals surface area contributed by atoms with Gasteiger partial charge in [0.2, 0.25) is 9.84 Å². The molecule has 0 aliphatic carbocycles. The van der Waals surface area contributed by atoms with Gasteiger partial charge in [-0.25, -0.2) is 8.42 Å². The van der Waals surface area contributed by atoms with Crippen LogP contribution in [0, 0.1) is 11.2 Å². The second kappa shape index (κ2) is 4.22. The van der Waals surface area contributed by atoms with Gasteiger partial charge in [-0.05, 0) is 18.1 Å². The maximum atomic E-state index is 10.8. The summed E-state index contributed by atoms with van der Waals surface area (Å²) in [5, 5.41) is 2.76. The van der Waals surface area contributed by atoms with Crippen molar-refractivity contribution in [2.75, 3.05) is 6.26 Å². The van der Waals surface area contributed by atoms with Crippen LogP contribution in [0.2, 0.25) is 10.0 Å². The maximum Gasteiger partial charge on any atom is 0.214 e. The van der Waals surface area contributed by atoms with Gasteiger partial charge in [0.25, 0.3) is 0 Å². The summed E-state index contributed by atoms with van der Waals surface area (Å²) in [4.78, 5) is 0. The van der Waals surface area contributed by atoms with Crippen molar-refractivity contribution >= 4 is 33.0 Å². The van der Waals surface area contributed by atoms with Crippen molar-refractivity contribution in [1.29, 1.82) is 0 Å². The summed E-state index contributed by atoms with van der Waals surface area (Å²) in [6.45, 7) is 0.